The number of sulfonamides is 1. The molecule has 0 saturated carbocycles. The lowest BCUT2D eigenvalue weighted by Crippen LogP contribution is -2.12. The molecule has 19 heavy (non-hydrogen) atoms. The van der Waals surface area contributed by atoms with Crippen molar-refractivity contribution in [3.05, 3.63) is 45.2 Å². The van der Waals surface area contributed by atoms with Crippen LogP contribution in [0.2, 0.25) is 0 Å². The minimum Gasteiger partial charge on any atom is -0.452 e. The molecule has 2 aromatic rings. The zero-order valence-corrected chi connectivity index (χ0v) is 13.5. The molecule has 1 heterocycles. The molecule has 8 heteroatoms. The molecule has 3 N–H and O–H groups in total. The summed E-state index contributed by atoms with van der Waals surface area (Å²) in [5.74, 6) is 0.759. The molecular weight excluding hydrogens is 400 g/mol. The molecule has 0 aliphatic heterocycles. The van der Waals surface area contributed by atoms with Gasteiger partial charge in [-0.15, -0.1) is 0 Å². The minimum atomic E-state index is -3.69. The number of nitrogens with one attached hydrogen (secondary N) is 1. The third-order valence-corrected chi connectivity index (χ3v) is 4.34. The van der Waals surface area contributed by atoms with Gasteiger partial charge in [0.1, 0.15) is 5.76 Å². The number of benzene rings is 1. The molecule has 0 atom stereocenters. The second-order valence-electron chi connectivity index (χ2n) is 3.75. The number of furan rings is 1. The Morgan fingerprint density at radius 2 is 1.95 bits per heavy atom. The largest absolute Gasteiger partial charge is 0.452 e. The molecular formula is C11H10Br2N2O3S. The van der Waals surface area contributed by atoms with E-state index in [1.807, 2.05) is 6.07 Å². The van der Waals surface area contributed by atoms with Crippen LogP contribution in [-0.2, 0) is 16.6 Å². The quantitative estimate of drug-likeness (QED) is 0.812. The molecule has 0 spiro atoms. The SMILES string of the molecule is NS(=O)(=O)c1ccc(NCc2ccc(Br)o2)c(Br)c1. The maximum absolute atomic E-state index is 11.2. The van der Waals surface area contributed by atoms with E-state index in [0.29, 0.717) is 15.7 Å². The van der Waals surface area contributed by atoms with Gasteiger partial charge in [0.05, 0.1) is 11.4 Å². The highest BCUT2D eigenvalue weighted by Gasteiger charge is 2.10. The third-order valence-electron chi connectivity index (χ3n) is 2.35. The Balaban J connectivity index is 2.14. The lowest BCUT2D eigenvalue weighted by atomic mass is 10.3. The number of hydrogen-bond donors (Lipinski definition) is 2. The van der Waals surface area contributed by atoms with E-state index in [4.69, 9.17) is 9.56 Å². The average Bonchev–Trinajstić information content (AvgIpc) is 2.72. The fourth-order valence-corrected chi connectivity index (χ4v) is 3.00. The molecule has 102 valence electrons. The van der Waals surface area contributed by atoms with E-state index in [-0.39, 0.29) is 4.90 Å². The van der Waals surface area contributed by atoms with E-state index in [1.165, 1.54) is 12.1 Å². The van der Waals surface area contributed by atoms with E-state index in [1.54, 1.807) is 12.1 Å². The van der Waals surface area contributed by atoms with Crippen LogP contribution in [0.25, 0.3) is 0 Å². The van der Waals surface area contributed by atoms with Crippen LogP contribution in [0.3, 0.4) is 0 Å². The van der Waals surface area contributed by atoms with Gasteiger partial charge in [-0.1, -0.05) is 0 Å². The van der Waals surface area contributed by atoms with Gasteiger partial charge in [0, 0.05) is 10.2 Å². The standard InChI is InChI=1S/C11H10Br2N2O3S/c12-9-5-8(19(14,16)17)2-3-10(9)15-6-7-1-4-11(13)18-7/h1-5,15H,6H2,(H2,14,16,17). The molecule has 0 amide bonds. The van der Waals surface area contributed by atoms with Crippen molar-refractivity contribution < 1.29 is 12.8 Å². The van der Waals surface area contributed by atoms with Gasteiger partial charge in [-0.2, -0.15) is 0 Å². The summed E-state index contributed by atoms with van der Waals surface area (Å²) in [5.41, 5.74) is 0.750. The second-order valence-corrected chi connectivity index (χ2v) is 6.94. The van der Waals surface area contributed by atoms with E-state index in [9.17, 15) is 8.42 Å². The van der Waals surface area contributed by atoms with Crippen LogP contribution in [0, 0.1) is 0 Å². The van der Waals surface area contributed by atoms with Gasteiger partial charge in [-0.05, 0) is 62.2 Å². The summed E-state index contributed by atoms with van der Waals surface area (Å²) in [7, 11) is -3.69. The fraction of sp³-hybridized carbons (Fsp3) is 0.0909. The zero-order valence-electron chi connectivity index (χ0n) is 9.56. The summed E-state index contributed by atoms with van der Waals surface area (Å²) in [4.78, 5) is 0.0608. The summed E-state index contributed by atoms with van der Waals surface area (Å²) in [6.07, 6.45) is 0. The van der Waals surface area contributed by atoms with E-state index >= 15 is 0 Å². The van der Waals surface area contributed by atoms with Gasteiger partial charge in [-0.25, -0.2) is 13.6 Å². The summed E-state index contributed by atoms with van der Waals surface area (Å²) in [6.45, 7) is 0.485. The van der Waals surface area contributed by atoms with E-state index in [2.05, 4.69) is 37.2 Å². The summed E-state index contributed by atoms with van der Waals surface area (Å²) in [6, 6.07) is 8.18. The number of rotatable bonds is 4. The third kappa shape index (κ3) is 3.82. The molecule has 0 radical (unpaired) electrons. The van der Waals surface area contributed by atoms with E-state index in [0.717, 1.165) is 11.4 Å². The molecule has 0 aliphatic rings. The predicted octanol–water partition coefficient (Wildman–Crippen LogP) is 3.06. The number of hydrogen-bond acceptors (Lipinski definition) is 4. The predicted molar refractivity (Wildman–Crippen MR) is 79.2 cm³/mol. The van der Waals surface area contributed by atoms with Gasteiger partial charge >= 0.3 is 0 Å². The van der Waals surface area contributed by atoms with Crippen molar-refractivity contribution in [2.24, 2.45) is 5.14 Å². The number of anilines is 1. The Labute approximate surface area is 127 Å². The molecule has 1 aromatic heterocycles. The Bertz CT molecular complexity index is 698. The van der Waals surface area contributed by atoms with Crippen molar-refractivity contribution >= 4 is 47.6 Å². The Hall–Kier alpha value is -0.830. The summed E-state index contributed by atoms with van der Waals surface area (Å²) < 4.78 is 29.0. The zero-order chi connectivity index (χ0) is 14.0. The van der Waals surface area contributed by atoms with Crippen molar-refractivity contribution in [3.63, 3.8) is 0 Å². The highest BCUT2D eigenvalue weighted by molar-refractivity contribution is 9.10. The molecule has 0 saturated heterocycles. The van der Waals surface area contributed by atoms with Gasteiger partial charge in [0.2, 0.25) is 10.0 Å². The van der Waals surface area contributed by atoms with Gasteiger partial charge in [-0.3, -0.25) is 0 Å². The van der Waals surface area contributed by atoms with Gasteiger partial charge in [0.25, 0.3) is 0 Å². The van der Waals surface area contributed by atoms with Crippen LogP contribution in [0.1, 0.15) is 5.76 Å². The second kappa shape index (κ2) is 5.66. The fourth-order valence-electron chi connectivity index (χ4n) is 1.45. The summed E-state index contributed by atoms with van der Waals surface area (Å²) >= 11 is 6.52. The maximum Gasteiger partial charge on any atom is 0.238 e. The van der Waals surface area contributed by atoms with Crippen LogP contribution in [-0.4, -0.2) is 8.42 Å². The topological polar surface area (TPSA) is 85.3 Å². The molecule has 5 nitrogen and oxygen atoms in total. The van der Waals surface area contributed by atoms with Crippen molar-refractivity contribution in [3.8, 4) is 0 Å². The molecule has 2 rings (SSSR count). The average molecular weight is 410 g/mol. The normalized spacial score (nSPS) is 11.5. The number of primary sulfonamides is 1. The van der Waals surface area contributed by atoms with Gasteiger partial charge in [0.15, 0.2) is 4.67 Å². The van der Waals surface area contributed by atoms with Crippen molar-refractivity contribution in [2.45, 2.75) is 11.4 Å². The first kappa shape index (κ1) is 14.6. The highest BCUT2D eigenvalue weighted by Crippen LogP contribution is 2.26. The first-order valence-electron chi connectivity index (χ1n) is 5.17. The van der Waals surface area contributed by atoms with Crippen molar-refractivity contribution in [1.82, 2.24) is 0 Å². The maximum atomic E-state index is 11.2. The van der Waals surface area contributed by atoms with Crippen LogP contribution in [0.15, 0.2) is 48.8 Å². The number of nitrogens with two attached hydrogens (primary N) is 1. The van der Waals surface area contributed by atoms with Crippen LogP contribution >= 0.6 is 31.9 Å². The van der Waals surface area contributed by atoms with Crippen molar-refractivity contribution in [2.75, 3.05) is 5.32 Å². The smallest absolute Gasteiger partial charge is 0.238 e. The lowest BCUT2D eigenvalue weighted by Gasteiger charge is -2.08. The van der Waals surface area contributed by atoms with Crippen LogP contribution in [0.5, 0.6) is 0 Å². The van der Waals surface area contributed by atoms with Crippen LogP contribution < -0.4 is 10.5 Å². The van der Waals surface area contributed by atoms with Crippen molar-refractivity contribution in [1.29, 1.82) is 0 Å². The molecule has 0 aliphatic carbocycles. The first-order valence-corrected chi connectivity index (χ1v) is 8.30. The Morgan fingerprint density at radius 1 is 1.21 bits per heavy atom. The number of halogens is 2. The minimum absolute atomic E-state index is 0.0608. The lowest BCUT2D eigenvalue weighted by molar-refractivity contribution is 0.495. The molecule has 0 unspecified atom stereocenters. The highest BCUT2D eigenvalue weighted by atomic mass is 79.9. The first-order chi connectivity index (χ1) is 8.86. The molecule has 1 aromatic carbocycles. The van der Waals surface area contributed by atoms with E-state index < -0.39 is 10.0 Å². The Kier molecular flexibility index (Phi) is 4.34. The monoisotopic (exact) mass is 408 g/mol. The summed E-state index contributed by atoms with van der Waals surface area (Å²) in [5, 5.41) is 8.18. The molecule has 0 bridgehead atoms. The molecule has 0 fully saturated rings. The Morgan fingerprint density at radius 3 is 2.47 bits per heavy atom. The van der Waals surface area contributed by atoms with Crippen LogP contribution in [0.4, 0.5) is 5.69 Å². The van der Waals surface area contributed by atoms with Gasteiger partial charge < -0.3 is 9.73 Å².